The number of phenolic OH excluding ortho intramolecular Hbond substituents is 3. The number of methoxy groups -OCH3 is 2. The molecule has 6 heterocycles. The van der Waals surface area contributed by atoms with Gasteiger partial charge in [0.25, 0.3) is 5.69 Å². The molecular weight excluding hydrogens is 1610 g/mol. The van der Waals surface area contributed by atoms with Gasteiger partial charge in [-0.25, -0.2) is 0 Å². The molecule has 16 rings (SSSR count). The summed E-state index contributed by atoms with van der Waals surface area (Å²) in [5.74, 6) is 2.10. The summed E-state index contributed by atoms with van der Waals surface area (Å²) in [6.07, 6.45) is 12.3. The third kappa shape index (κ3) is 20.7. The first-order valence-corrected chi connectivity index (χ1v) is 38.4. The molecule has 0 amide bonds. The second-order valence-corrected chi connectivity index (χ2v) is 29.5. The standard InChI is InChI=1S/C18H14ClN.C17H11ClF3NO3S.C16H12ClNO.C11H11NO.C10H8BrNO.C10H9NO.C8H9NO3/c1-3-15-12(2)11-17-16(5-4-10-20-17)18(15)13-6-8-14(19)9-7-13;1-10-9-14-13(3-2-8-22-14)15(11-4-6-12(18)7-5-11)16(10)25-26(23,24)17(19,20)21;1-10-9-14-13(3-2-8-18-14)15(16(10)19)11-4-6-12(17)7-5-11;1-8-6-10-9(4-3-5-12-10)7-11(8)13-2;1-6-5-8-7(3-2-4-12-8)9(11)10(6)13;1-7-5-9-8(6-10(7)12)3-2-4-11-9;1-6-5-7(9(10)11)3-4-8(6)12-2/h3-11H,1H2,2H3;2-9H,1H3;2-9,19H,1H3;3-7H,1-2H3;2-5,13H,1H3;2-6,12H,1H3;3-5H,1-2H3. The van der Waals surface area contributed by atoms with Crippen molar-refractivity contribution in [2.75, 3.05) is 14.2 Å². The molecule has 3 N–H and O–H groups in total. The number of phenols is 3. The first-order chi connectivity index (χ1) is 54.9. The van der Waals surface area contributed by atoms with Gasteiger partial charge >= 0.3 is 15.6 Å². The van der Waals surface area contributed by atoms with Gasteiger partial charge in [0.15, 0.2) is 5.75 Å². The molecule has 17 nitrogen and oxygen atoms in total. The maximum Gasteiger partial charge on any atom is 0.534 e. The van der Waals surface area contributed by atoms with Gasteiger partial charge in [0, 0.05) is 108 Å². The molecule has 0 aliphatic heterocycles. The van der Waals surface area contributed by atoms with Gasteiger partial charge in [-0.2, -0.15) is 21.6 Å². The third-order valence-electron chi connectivity index (χ3n) is 18.0. The lowest BCUT2D eigenvalue weighted by Gasteiger charge is -2.17. The molecule has 0 bridgehead atoms. The number of ether oxygens (including phenoxy) is 2. The zero-order chi connectivity index (χ0) is 83.0. The molecule has 0 aliphatic carbocycles. The first kappa shape index (κ1) is 85.1. The second-order valence-electron chi connectivity index (χ2n) is 25.9. The number of hydrogen-bond donors (Lipinski definition) is 3. The van der Waals surface area contributed by atoms with Gasteiger partial charge in [-0.1, -0.05) is 120 Å². The molecule has 16 aromatic rings. The molecule has 584 valence electrons. The summed E-state index contributed by atoms with van der Waals surface area (Å²) in [6, 6.07) is 63.7. The Balaban J connectivity index is 0.000000145. The fourth-order valence-electron chi connectivity index (χ4n) is 12.2. The number of aromatic hydroxyl groups is 3. The Morgan fingerprint density at radius 1 is 0.443 bits per heavy atom. The van der Waals surface area contributed by atoms with Crippen LogP contribution in [0.3, 0.4) is 0 Å². The minimum Gasteiger partial charge on any atom is -0.508 e. The number of nitro benzene ring substituents is 1. The number of aryl methyl sites for hydroxylation is 7. The predicted molar refractivity (Wildman–Crippen MR) is 460 cm³/mol. The van der Waals surface area contributed by atoms with E-state index in [4.69, 9.17) is 44.3 Å². The maximum atomic E-state index is 12.8. The number of non-ortho nitro benzene ring substituents is 1. The highest BCUT2D eigenvalue weighted by atomic mass is 79.9. The first-order valence-electron chi connectivity index (χ1n) is 35.1. The van der Waals surface area contributed by atoms with E-state index in [2.05, 4.69) is 75.7 Å². The van der Waals surface area contributed by atoms with E-state index in [1.165, 1.54) is 49.6 Å². The van der Waals surface area contributed by atoms with E-state index in [0.717, 1.165) is 120 Å². The molecule has 10 aromatic carbocycles. The summed E-state index contributed by atoms with van der Waals surface area (Å²) in [7, 11) is -2.61. The van der Waals surface area contributed by atoms with Crippen LogP contribution in [0.2, 0.25) is 15.1 Å². The van der Waals surface area contributed by atoms with Crippen molar-refractivity contribution in [3.05, 3.63) is 330 Å². The van der Waals surface area contributed by atoms with Crippen molar-refractivity contribution in [3.63, 3.8) is 0 Å². The number of nitro groups is 1. The summed E-state index contributed by atoms with van der Waals surface area (Å²) < 4.78 is 77.0. The largest absolute Gasteiger partial charge is 0.534 e. The molecule has 0 atom stereocenters. The summed E-state index contributed by atoms with van der Waals surface area (Å²) >= 11 is 21.1. The van der Waals surface area contributed by atoms with Gasteiger partial charge in [0.05, 0.1) is 56.7 Å². The van der Waals surface area contributed by atoms with Crippen LogP contribution in [0, 0.1) is 58.6 Å². The molecule has 0 radical (unpaired) electrons. The monoisotopic (exact) mass is 1690 g/mol. The van der Waals surface area contributed by atoms with Crippen LogP contribution in [0.5, 0.6) is 34.5 Å². The quantitative estimate of drug-likeness (QED) is 0.0526. The molecule has 0 aliphatic rings. The fourth-order valence-corrected chi connectivity index (χ4v) is 13.8. The van der Waals surface area contributed by atoms with Crippen molar-refractivity contribution in [3.8, 4) is 67.9 Å². The van der Waals surface area contributed by atoms with Gasteiger partial charge in [0.2, 0.25) is 0 Å². The Morgan fingerprint density at radius 3 is 1.28 bits per heavy atom. The number of fused-ring (bicyclic) bond motifs is 6. The summed E-state index contributed by atoms with van der Waals surface area (Å²) in [5, 5.41) is 47.1. The number of rotatable bonds is 9. The topological polar surface area (TPSA) is 243 Å². The van der Waals surface area contributed by atoms with Crippen LogP contribution in [-0.2, 0) is 10.1 Å². The summed E-state index contributed by atoms with van der Waals surface area (Å²) in [5.41, 5.74) is 11.4. The zero-order valence-corrected chi connectivity index (χ0v) is 68.0. The number of alkyl halides is 3. The number of hydrogen-bond acceptors (Lipinski definition) is 16. The number of halogens is 7. The van der Waals surface area contributed by atoms with Crippen LogP contribution in [0.25, 0.3) is 105 Å². The Hall–Kier alpha value is -12.3. The number of pyridine rings is 6. The molecule has 0 unspecified atom stereocenters. The Labute approximate surface area is 685 Å². The number of aromatic nitrogens is 6. The lowest BCUT2D eigenvalue weighted by atomic mass is 9.92. The molecule has 0 spiro atoms. The average Bonchev–Trinajstić information content (AvgIpc) is 0.756. The Bertz CT molecular complexity index is 6330. The van der Waals surface area contributed by atoms with E-state index < -0.39 is 26.3 Å². The normalized spacial score (nSPS) is 10.9. The minimum absolute atomic E-state index is 0.0910. The van der Waals surface area contributed by atoms with Gasteiger partial charge < -0.3 is 29.0 Å². The van der Waals surface area contributed by atoms with Crippen LogP contribution in [-0.4, -0.2) is 78.3 Å². The summed E-state index contributed by atoms with van der Waals surface area (Å²) in [4.78, 5) is 35.5. The maximum absolute atomic E-state index is 12.8. The van der Waals surface area contributed by atoms with E-state index in [9.17, 15) is 47.0 Å². The Kier molecular flexibility index (Phi) is 28.1. The summed E-state index contributed by atoms with van der Waals surface area (Å²) in [6.45, 7) is 16.9. The SMILES string of the molecule is C=Cc1c(C)cc2ncccc2c1-c1ccc(Cl)cc1.COc1cc2cccnc2cc1C.COc1ccc([N+](=O)[O-])cc1C.Cc1cc2ncccc2c(-c2ccc(Cl)cc2)c1O.Cc1cc2ncccc2c(-c2ccc(Cl)cc2)c1OS(=O)(=O)C(F)(F)F.Cc1cc2ncccc2c(Br)c1O.Cc1cc2ncccc2cc1O. The van der Waals surface area contributed by atoms with Crippen molar-refractivity contribution in [2.24, 2.45) is 0 Å². The highest BCUT2D eigenvalue weighted by Gasteiger charge is 2.49. The molecule has 0 saturated heterocycles. The van der Waals surface area contributed by atoms with E-state index in [1.807, 2.05) is 173 Å². The Morgan fingerprint density at radius 2 is 0.817 bits per heavy atom. The average molecular weight is 1690 g/mol. The van der Waals surface area contributed by atoms with Crippen LogP contribution in [0.1, 0.15) is 44.5 Å². The lowest BCUT2D eigenvalue weighted by Crippen LogP contribution is -2.28. The van der Waals surface area contributed by atoms with Crippen molar-refractivity contribution >= 4 is 138 Å². The van der Waals surface area contributed by atoms with Gasteiger partial charge in [0.1, 0.15) is 28.7 Å². The van der Waals surface area contributed by atoms with Crippen molar-refractivity contribution in [1.29, 1.82) is 0 Å². The van der Waals surface area contributed by atoms with E-state index in [0.29, 0.717) is 49.5 Å². The third-order valence-corrected chi connectivity index (χ3v) is 20.5. The number of benzene rings is 10. The van der Waals surface area contributed by atoms with E-state index in [-0.39, 0.29) is 16.8 Å². The fraction of sp³-hybridized carbons (Fsp3) is 0.111. The van der Waals surface area contributed by atoms with Crippen LogP contribution in [0.15, 0.2) is 261 Å². The smallest absolute Gasteiger partial charge is 0.508 e. The molecule has 25 heteroatoms. The predicted octanol–water partition coefficient (Wildman–Crippen LogP) is 24.9. The zero-order valence-electron chi connectivity index (χ0n) is 63.3. The second kappa shape index (κ2) is 38.0. The molecule has 115 heavy (non-hydrogen) atoms. The highest BCUT2D eigenvalue weighted by molar-refractivity contribution is 9.10. The highest BCUT2D eigenvalue weighted by Crippen LogP contribution is 2.44. The number of nitrogens with zero attached hydrogens (tertiary/aromatic N) is 7. The van der Waals surface area contributed by atoms with Gasteiger partial charge in [-0.15, -0.1) is 0 Å². The van der Waals surface area contributed by atoms with Gasteiger partial charge in [-0.05, 0) is 259 Å². The van der Waals surface area contributed by atoms with Crippen molar-refractivity contribution < 1.29 is 55.5 Å². The van der Waals surface area contributed by atoms with Crippen LogP contribution < -0.4 is 13.7 Å². The minimum atomic E-state index is -5.83. The molecule has 0 saturated carbocycles. The van der Waals surface area contributed by atoms with Gasteiger partial charge in [-0.3, -0.25) is 40.0 Å². The van der Waals surface area contributed by atoms with Crippen LogP contribution >= 0.6 is 50.7 Å². The van der Waals surface area contributed by atoms with E-state index >= 15 is 0 Å². The van der Waals surface area contributed by atoms with Crippen molar-refractivity contribution in [1.82, 2.24) is 29.9 Å². The van der Waals surface area contributed by atoms with Crippen molar-refractivity contribution in [2.45, 2.75) is 54.0 Å². The molecular formula is C90H74BrCl3F3N7O10S. The lowest BCUT2D eigenvalue weighted by molar-refractivity contribution is -0.384. The van der Waals surface area contributed by atoms with E-state index in [1.54, 1.807) is 87.4 Å². The molecule has 6 aromatic heterocycles. The molecule has 0 fully saturated rings. The van der Waals surface area contributed by atoms with Crippen LogP contribution in [0.4, 0.5) is 18.9 Å².